The summed E-state index contributed by atoms with van der Waals surface area (Å²) in [5.41, 5.74) is -1.47. The average molecular weight is 842 g/mol. The molecule has 2 aromatic carbocycles. The third-order valence-corrected chi connectivity index (χ3v) is 7.68. The van der Waals surface area contributed by atoms with Crippen LogP contribution in [0.15, 0.2) is 48.6 Å². The highest BCUT2D eigenvalue weighted by Gasteiger charge is 2.63. The van der Waals surface area contributed by atoms with Gasteiger partial charge in [0.2, 0.25) is 9.39 Å². The van der Waals surface area contributed by atoms with E-state index in [4.69, 9.17) is 77.4 Å². The molecule has 0 amide bonds. The first kappa shape index (κ1) is 43.1. The summed E-state index contributed by atoms with van der Waals surface area (Å²) in [6, 6.07) is 8.15. The fourth-order valence-electron chi connectivity index (χ4n) is 5.34. The Morgan fingerprint density at radius 2 is 1.18 bits per heavy atom. The van der Waals surface area contributed by atoms with Crippen molar-refractivity contribution in [3.8, 4) is 23.0 Å². The number of carbonyl (C=O) groups is 8. The minimum atomic E-state index is -2.06. The van der Waals surface area contributed by atoms with E-state index in [2.05, 4.69) is 0 Å². The van der Waals surface area contributed by atoms with E-state index in [9.17, 15) is 38.4 Å². The molecule has 0 aromatic heterocycles. The van der Waals surface area contributed by atoms with E-state index < -0.39 is 88.7 Å². The second-order valence-electron chi connectivity index (χ2n) is 11.9. The lowest BCUT2D eigenvalue weighted by molar-refractivity contribution is -0.178. The molecule has 1 saturated heterocycles. The van der Waals surface area contributed by atoms with Crippen LogP contribution in [0.3, 0.4) is 0 Å². The third-order valence-electron chi connectivity index (χ3n) is 7.35. The molecule has 4 atom stereocenters. The van der Waals surface area contributed by atoms with Crippen LogP contribution in [0, 0.1) is 0 Å². The molecule has 0 N–H and O–H groups in total. The Morgan fingerprint density at radius 1 is 0.714 bits per heavy atom. The van der Waals surface area contributed by atoms with Gasteiger partial charge < -0.3 is 42.6 Å². The zero-order chi connectivity index (χ0) is 41.4. The van der Waals surface area contributed by atoms with Gasteiger partial charge in [0.25, 0.3) is 0 Å². The van der Waals surface area contributed by atoms with Crippen LogP contribution >= 0.6 is 34.8 Å². The maximum Gasteiger partial charge on any atom is 0.509 e. The molecule has 1 aliphatic carbocycles. The van der Waals surface area contributed by atoms with Crippen LogP contribution in [-0.4, -0.2) is 82.3 Å². The summed E-state index contributed by atoms with van der Waals surface area (Å²) in [6.07, 6.45) is -2.08. The molecule has 1 saturated carbocycles. The Hall–Kier alpha value is -5.65. The average Bonchev–Trinajstić information content (AvgIpc) is 3.34. The molecule has 0 radical (unpaired) electrons. The number of hydrogen-bond donors (Lipinski definition) is 0. The van der Waals surface area contributed by atoms with E-state index in [0.29, 0.717) is 11.1 Å². The number of carbonyl (C=O) groups excluding carboxylic acids is 8. The lowest BCUT2D eigenvalue weighted by atomic mass is 9.81. The van der Waals surface area contributed by atoms with E-state index in [1.54, 1.807) is 0 Å². The summed E-state index contributed by atoms with van der Waals surface area (Å²) < 4.78 is 45.0. The van der Waals surface area contributed by atoms with Gasteiger partial charge in [0.15, 0.2) is 29.1 Å². The van der Waals surface area contributed by atoms with Gasteiger partial charge in [0.1, 0.15) is 18.8 Å². The van der Waals surface area contributed by atoms with Crippen molar-refractivity contribution >= 4 is 94.9 Å². The normalized spacial score (nSPS) is 20.1. The molecule has 17 nitrogen and oxygen atoms in total. The monoisotopic (exact) mass is 840 g/mol. The molecule has 0 unspecified atom stereocenters. The minimum Gasteiger partial charge on any atom is -0.455 e. The standard InChI is InChI=1S/C36H31Cl3O17/c1-18(40)49-24-9-5-22(13-26(24)51-20(3)42)7-11-30(44)53-28-15-35(56-34(47)48-17-36(37,38)39)16-29(54-33(35)46)32(28)55-31(45)12-8-23-6-10-25(50-19(2)41)27(14-23)52-21(4)43/h5-14,28-29,32H,15-17H2,1-4H3/b11-7+,12-8+/t28-,29-,32-,35+/m1/s1. The Kier molecular flexibility index (Phi) is 14.1. The number of fused-ring (bicyclic) bond motifs is 2. The summed E-state index contributed by atoms with van der Waals surface area (Å²) in [6.45, 7) is 3.82. The van der Waals surface area contributed by atoms with E-state index in [1.165, 1.54) is 48.6 Å². The quantitative estimate of drug-likeness (QED) is 0.0910. The predicted molar refractivity (Wildman–Crippen MR) is 191 cm³/mol. The minimum absolute atomic E-state index is 0.0536. The number of halogens is 3. The summed E-state index contributed by atoms with van der Waals surface area (Å²) in [5.74, 6) is -6.21. The number of ether oxygens (including phenoxy) is 9. The molecule has 2 aliphatic rings. The zero-order valence-corrected chi connectivity index (χ0v) is 32.0. The Labute approximate surface area is 332 Å². The molecular formula is C36H31Cl3O17. The van der Waals surface area contributed by atoms with Crippen molar-refractivity contribution < 1.29 is 81.0 Å². The molecule has 1 aliphatic heterocycles. The number of hydrogen-bond acceptors (Lipinski definition) is 17. The highest BCUT2D eigenvalue weighted by Crippen LogP contribution is 2.44. The molecule has 56 heavy (non-hydrogen) atoms. The van der Waals surface area contributed by atoms with Crippen LogP contribution in [0.1, 0.15) is 51.7 Å². The van der Waals surface area contributed by atoms with Gasteiger partial charge in [0, 0.05) is 52.7 Å². The van der Waals surface area contributed by atoms with Crippen molar-refractivity contribution in [2.24, 2.45) is 0 Å². The summed E-state index contributed by atoms with van der Waals surface area (Å²) in [7, 11) is 0. The summed E-state index contributed by atoms with van der Waals surface area (Å²) in [4.78, 5) is 98.1. The molecule has 2 bridgehead atoms. The molecular weight excluding hydrogens is 811 g/mol. The number of rotatable bonds is 12. The molecule has 4 rings (SSSR count). The van der Waals surface area contributed by atoms with Crippen LogP contribution in [0.25, 0.3) is 12.2 Å². The zero-order valence-electron chi connectivity index (χ0n) is 29.7. The van der Waals surface area contributed by atoms with Gasteiger partial charge in [-0.05, 0) is 47.5 Å². The number of alkyl halides is 3. The topological polar surface area (TPSA) is 220 Å². The van der Waals surface area contributed by atoms with Crippen LogP contribution < -0.4 is 18.9 Å². The van der Waals surface area contributed by atoms with Gasteiger partial charge in [-0.1, -0.05) is 46.9 Å². The Balaban J connectivity index is 1.58. The molecule has 2 fully saturated rings. The van der Waals surface area contributed by atoms with Crippen molar-refractivity contribution in [2.45, 2.75) is 68.2 Å². The number of esters is 7. The van der Waals surface area contributed by atoms with Crippen molar-refractivity contribution in [3.63, 3.8) is 0 Å². The predicted octanol–water partition coefficient (Wildman–Crippen LogP) is 4.92. The summed E-state index contributed by atoms with van der Waals surface area (Å²) in [5, 5.41) is 0. The highest BCUT2D eigenvalue weighted by molar-refractivity contribution is 6.67. The van der Waals surface area contributed by atoms with Crippen LogP contribution in [0.5, 0.6) is 23.0 Å². The van der Waals surface area contributed by atoms with Gasteiger partial charge in [0.05, 0.1) is 0 Å². The van der Waals surface area contributed by atoms with Crippen LogP contribution in [0.4, 0.5) is 4.79 Å². The second-order valence-corrected chi connectivity index (χ2v) is 14.4. The number of benzene rings is 2. The summed E-state index contributed by atoms with van der Waals surface area (Å²) >= 11 is 16.9. The highest BCUT2D eigenvalue weighted by atomic mass is 35.6. The van der Waals surface area contributed by atoms with E-state index in [-0.39, 0.29) is 29.4 Å². The fraction of sp³-hybridized carbons (Fsp3) is 0.333. The first-order chi connectivity index (χ1) is 26.2. The van der Waals surface area contributed by atoms with Gasteiger partial charge in [-0.15, -0.1) is 0 Å². The van der Waals surface area contributed by atoms with Crippen LogP contribution in [0.2, 0.25) is 0 Å². The smallest absolute Gasteiger partial charge is 0.455 e. The second kappa shape index (κ2) is 18.3. The largest absolute Gasteiger partial charge is 0.509 e. The fourth-order valence-corrected chi connectivity index (χ4v) is 5.50. The van der Waals surface area contributed by atoms with E-state index >= 15 is 0 Å². The van der Waals surface area contributed by atoms with Gasteiger partial charge in [-0.25, -0.2) is 19.2 Å². The van der Waals surface area contributed by atoms with Gasteiger partial charge >= 0.3 is 47.9 Å². The molecule has 298 valence electrons. The third kappa shape index (κ3) is 12.4. The maximum atomic E-state index is 13.2. The van der Waals surface area contributed by atoms with Crippen LogP contribution in [-0.2, 0) is 57.2 Å². The van der Waals surface area contributed by atoms with Crippen molar-refractivity contribution in [2.75, 3.05) is 6.61 Å². The molecule has 2 aromatic rings. The molecule has 20 heteroatoms. The first-order valence-electron chi connectivity index (χ1n) is 16.1. The first-order valence-corrected chi connectivity index (χ1v) is 17.3. The van der Waals surface area contributed by atoms with Crippen molar-refractivity contribution in [1.29, 1.82) is 0 Å². The van der Waals surface area contributed by atoms with E-state index in [1.807, 2.05) is 0 Å². The SMILES string of the molecule is CC(=O)Oc1ccc(/C=C/C(=O)O[C@@H]2[C@H](OC(=O)/C=C/c3ccc(OC(C)=O)c(OC(C)=O)c3)C[C@]3(OC(=O)OCC(Cl)(Cl)Cl)C[C@H]2OC3=O)cc1OC(C)=O. The van der Waals surface area contributed by atoms with E-state index in [0.717, 1.165) is 39.8 Å². The van der Waals surface area contributed by atoms with Gasteiger partial charge in [-0.2, -0.15) is 0 Å². The maximum absolute atomic E-state index is 13.2. The lowest BCUT2D eigenvalue weighted by Gasteiger charge is -2.36. The Bertz CT molecular complexity index is 1980. The van der Waals surface area contributed by atoms with Gasteiger partial charge in [-0.3, -0.25) is 19.2 Å². The Morgan fingerprint density at radius 3 is 1.64 bits per heavy atom. The molecule has 1 heterocycles. The lowest BCUT2D eigenvalue weighted by Crippen LogP contribution is -2.53. The van der Waals surface area contributed by atoms with Crippen molar-refractivity contribution in [3.05, 3.63) is 59.7 Å². The molecule has 0 spiro atoms. The van der Waals surface area contributed by atoms with Crippen molar-refractivity contribution in [1.82, 2.24) is 0 Å².